The standard InChI is InChI=1S/C6H11N3O2S/c7-5(12)8-1-3-9(4-2-8)6(10)11/h1-4H2,(H2,7,12)(H,10,11). The van der Waals surface area contributed by atoms with Crippen LogP contribution in [0.2, 0.25) is 0 Å². The van der Waals surface area contributed by atoms with E-state index in [2.05, 4.69) is 0 Å². The van der Waals surface area contributed by atoms with Gasteiger partial charge in [-0.25, -0.2) is 4.79 Å². The number of amides is 1. The molecule has 5 nitrogen and oxygen atoms in total. The number of nitrogens with zero attached hydrogens (tertiary/aromatic N) is 2. The Bertz CT molecular complexity index is 179. The summed E-state index contributed by atoms with van der Waals surface area (Å²) < 4.78 is 0. The summed E-state index contributed by atoms with van der Waals surface area (Å²) in [5, 5.41) is 8.95. The Balaban J connectivity index is 2.39. The zero-order chi connectivity index (χ0) is 9.14. The predicted octanol–water partition coefficient (Wildman–Crippen LogP) is -0.474. The fraction of sp³-hybridized carbons (Fsp3) is 0.667. The van der Waals surface area contributed by atoms with Crippen LogP contribution in [0.15, 0.2) is 0 Å². The summed E-state index contributed by atoms with van der Waals surface area (Å²) in [5.74, 6) is 0. The van der Waals surface area contributed by atoms with Gasteiger partial charge in [0.1, 0.15) is 0 Å². The van der Waals surface area contributed by atoms with Crippen molar-refractivity contribution in [2.24, 2.45) is 5.73 Å². The van der Waals surface area contributed by atoms with E-state index in [0.29, 0.717) is 31.3 Å². The van der Waals surface area contributed by atoms with E-state index in [9.17, 15) is 4.79 Å². The minimum absolute atomic E-state index is 0.347. The number of hydrogen-bond donors (Lipinski definition) is 2. The molecule has 1 aliphatic rings. The van der Waals surface area contributed by atoms with Crippen molar-refractivity contribution in [2.45, 2.75) is 0 Å². The van der Waals surface area contributed by atoms with Gasteiger partial charge in [-0.2, -0.15) is 0 Å². The number of nitrogens with two attached hydrogens (primary N) is 1. The number of piperazine rings is 1. The fourth-order valence-corrected chi connectivity index (χ4v) is 1.30. The normalized spacial score (nSPS) is 17.7. The first-order valence-corrected chi connectivity index (χ1v) is 4.04. The molecule has 0 spiro atoms. The van der Waals surface area contributed by atoms with Crippen LogP contribution in [0, 0.1) is 0 Å². The van der Waals surface area contributed by atoms with Gasteiger partial charge in [0.2, 0.25) is 0 Å². The summed E-state index contributed by atoms with van der Waals surface area (Å²) in [5.41, 5.74) is 5.38. The molecule has 12 heavy (non-hydrogen) atoms. The van der Waals surface area contributed by atoms with E-state index in [1.807, 2.05) is 0 Å². The molecule has 0 aromatic carbocycles. The van der Waals surface area contributed by atoms with Crippen LogP contribution >= 0.6 is 12.2 Å². The van der Waals surface area contributed by atoms with Crippen LogP contribution in [0.5, 0.6) is 0 Å². The van der Waals surface area contributed by atoms with Gasteiger partial charge in [-0.1, -0.05) is 0 Å². The summed E-state index contributed by atoms with van der Waals surface area (Å²) in [6, 6.07) is 0. The molecule has 0 saturated carbocycles. The second-order valence-corrected chi connectivity index (χ2v) is 3.01. The van der Waals surface area contributed by atoms with E-state index < -0.39 is 6.09 Å². The maximum atomic E-state index is 10.5. The minimum Gasteiger partial charge on any atom is -0.465 e. The van der Waals surface area contributed by atoms with Crippen LogP contribution in [-0.4, -0.2) is 52.3 Å². The maximum absolute atomic E-state index is 10.5. The van der Waals surface area contributed by atoms with Gasteiger partial charge in [0.05, 0.1) is 0 Å². The fourth-order valence-electron chi connectivity index (χ4n) is 1.12. The SMILES string of the molecule is NC(=S)N1CCN(C(=O)O)CC1. The highest BCUT2D eigenvalue weighted by atomic mass is 32.1. The van der Waals surface area contributed by atoms with Crippen LogP contribution in [0.4, 0.5) is 4.79 Å². The van der Waals surface area contributed by atoms with Crippen LogP contribution in [0.25, 0.3) is 0 Å². The minimum atomic E-state index is -0.877. The summed E-state index contributed by atoms with van der Waals surface area (Å²) in [7, 11) is 0. The molecule has 0 bridgehead atoms. The van der Waals surface area contributed by atoms with Crippen molar-refractivity contribution in [3.05, 3.63) is 0 Å². The van der Waals surface area contributed by atoms with Crippen LogP contribution in [0.1, 0.15) is 0 Å². The van der Waals surface area contributed by atoms with Gasteiger partial charge in [0, 0.05) is 26.2 Å². The van der Waals surface area contributed by atoms with Crippen molar-refractivity contribution in [2.75, 3.05) is 26.2 Å². The van der Waals surface area contributed by atoms with Crippen molar-refractivity contribution < 1.29 is 9.90 Å². The molecule has 0 unspecified atom stereocenters. The second kappa shape index (κ2) is 3.57. The Kier molecular flexibility index (Phi) is 2.69. The predicted molar refractivity (Wildman–Crippen MR) is 48.0 cm³/mol. The monoisotopic (exact) mass is 189 g/mol. The Labute approximate surface area is 75.7 Å². The average Bonchev–Trinajstić information content (AvgIpc) is 2.04. The number of hydrogen-bond acceptors (Lipinski definition) is 2. The summed E-state index contributed by atoms with van der Waals surface area (Å²) in [4.78, 5) is 13.6. The third kappa shape index (κ3) is 1.97. The largest absolute Gasteiger partial charge is 0.465 e. The van der Waals surface area contributed by atoms with Crippen molar-refractivity contribution in [3.63, 3.8) is 0 Å². The zero-order valence-electron chi connectivity index (χ0n) is 6.56. The van der Waals surface area contributed by atoms with Crippen LogP contribution < -0.4 is 5.73 Å². The third-order valence-corrected chi connectivity index (χ3v) is 2.12. The second-order valence-electron chi connectivity index (χ2n) is 2.59. The van der Waals surface area contributed by atoms with Crippen LogP contribution in [0.3, 0.4) is 0 Å². The smallest absolute Gasteiger partial charge is 0.407 e. The van der Waals surface area contributed by atoms with Gasteiger partial charge in [0.15, 0.2) is 5.11 Å². The van der Waals surface area contributed by atoms with Gasteiger partial charge < -0.3 is 20.6 Å². The molecule has 1 heterocycles. The molecule has 0 aromatic heterocycles. The Morgan fingerprint density at radius 2 is 1.67 bits per heavy atom. The van der Waals surface area contributed by atoms with Gasteiger partial charge in [-0.3, -0.25) is 0 Å². The molecule has 6 heteroatoms. The third-order valence-electron chi connectivity index (χ3n) is 1.86. The molecule has 1 fully saturated rings. The van der Waals surface area contributed by atoms with E-state index in [0.717, 1.165) is 0 Å². The lowest BCUT2D eigenvalue weighted by Gasteiger charge is -2.33. The number of carboxylic acid groups (broad SMARTS) is 1. The molecule has 68 valence electrons. The van der Waals surface area contributed by atoms with Crippen molar-refractivity contribution in [3.8, 4) is 0 Å². The Morgan fingerprint density at radius 3 is 2.00 bits per heavy atom. The lowest BCUT2D eigenvalue weighted by molar-refractivity contribution is 0.124. The van der Waals surface area contributed by atoms with E-state index in [4.69, 9.17) is 23.1 Å². The van der Waals surface area contributed by atoms with Crippen LogP contribution in [-0.2, 0) is 0 Å². The summed E-state index contributed by atoms with van der Waals surface area (Å²) in [6.07, 6.45) is -0.877. The molecular formula is C6H11N3O2S. The molecule has 0 atom stereocenters. The zero-order valence-corrected chi connectivity index (χ0v) is 7.38. The summed E-state index contributed by atoms with van der Waals surface area (Å²) in [6.45, 7) is 2.16. The number of rotatable bonds is 0. The maximum Gasteiger partial charge on any atom is 0.407 e. The highest BCUT2D eigenvalue weighted by Gasteiger charge is 2.20. The topological polar surface area (TPSA) is 69.8 Å². The molecule has 1 aliphatic heterocycles. The summed E-state index contributed by atoms with van der Waals surface area (Å²) >= 11 is 4.76. The highest BCUT2D eigenvalue weighted by Crippen LogP contribution is 2.00. The number of carbonyl (C=O) groups is 1. The quantitative estimate of drug-likeness (QED) is 0.504. The van der Waals surface area contributed by atoms with Crippen molar-refractivity contribution in [1.29, 1.82) is 0 Å². The van der Waals surface area contributed by atoms with Gasteiger partial charge >= 0.3 is 6.09 Å². The Hall–Kier alpha value is -1.04. The van der Waals surface area contributed by atoms with Gasteiger partial charge in [0.25, 0.3) is 0 Å². The van der Waals surface area contributed by atoms with Crippen molar-refractivity contribution >= 4 is 23.4 Å². The highest BCUT2D eigenvalue weighted by molar-refractivity contribution is 7.80. The first-order valence-electron chi connectivity index (χ1n) is 3.63. The Morgan fingerprint density at radius 1 is 1.25 bits per heavy atom. The molecule has 0 aliphatic carbocycles. The van der Waals surface area contributed by atoms with Crippen molar-refractivity contribution in [1.82, 2.24) is 9.80 Å². The van der Waals surface area contributed by atoms with E-state index in [1.165, 1.54) is 4.90 Å². The van der Waals surface area contributed by atoms with E-state index in [-0.39, 0.29) is 0 Å². The molecule has 3 N–H and O–H groups in total. The van der Waals surface area contributed by atoms with Gasteiger partial charge in [-0.05, 0) is 12.2 Å². The molecule has 1 amide bonds. The van der Waals surface area contributed by atoms with E-state index >= 15 is 0 Å². The molecule has 1 rings (SSSR count). The van der Waals surface area contributed by atoms with E-state index in [1.54, 1.807) is 4.90 Å². The molecule has 1 saturated heterocycles. The molecule has 0 aromatic rings. The first-order chi connectivity index (χ1) is 5.61. The average molecular weight is 189 g/mol. The molecule has 0 radical (unpaired) electrons. The first kappa shape index (κ1) is 9.05. The lowest BCUT2D eigenvalue weighted by atomic mass is 10.3. The number of thiocarbonyl (C=S) groups is 1. The van der Waals surface area contributed by atoms with Gasteiger partial charge in [-0.15, -0.1) is 0 Å². The lowest BCUT2D eigenvalue weighted by Crippen LogP contribution is -2.51. The molecular weight excluding hydrogens is 178 g/mol.